The van der Waals surface area contributed by atoms with Crippen molar-refractivity contribution >= 4 is 5.96 Å². The van der Waals surface area contributed by atoms with Crippen LogP contribution in [0.4, 0.5) is 0 Å². The number of hydrogen-bond acceptors (Lipinski definition) is 1. The number of nitrogens with zero attached hydrogens (tertiary/aromatic N) is 3. The van der Waals surface area contributed by atoms with Crippen LogP contribution in [0.2, 0.25) is 0 Å². The number of rotatable bonds is 3. The van der Waals surface area contributed by atoms with Gasteiger partial charge in [-0.2, -0.15) is 0 Å². The Hall–Kier alpha value is -2.23. The lowest BCUT2D eigenvalue weighted by Crippen LogP contribution is -2.39. The van der Waals surface area contributed by atoms with Gasteiger partial charge >= 0.3 is 0 Å². The van der Waals surface area contributed by atoms with Crippen LogP contribution >= 0.6 is 0 Å². The van der Waals surface area contributed by atoms with Crippen molar-refractivity contribution in [3.8, 4) is 0 Å². The van der Waals surface area contributed by atoms with E-state index in [1.807, 2.05) is 7.05 Å². The molecule has 1 aromatic carbocycles. The Morgan fingerprint density at radius 2 is 2.05 bits per heavy atom. The summed E-state index contributed by atoms with van der Waals surface area (Å²) in [5.41, 5.74) is 2.70. The van der Waals surface area contributed by atoms with Crippen molar-refractivity contribution < 1.29 is 0 Å². The van der Waals surface area contributed by atoms with Crippen LogP contribution in [0.25, 0.3) is 0 Å². The number of aryl methyl sites for hydroxylation is 1. The second-order valence-electron chi connectivity index (χ2n) is 5.85. The maximum absolute atomic E-state index is 4.45. The first-order chi connectivity index (χ1) is 10.8. The molecule has 116 valence electrons. The van der Waals surface area contributed by atoms with Gasteiger partial charge in [0.1, 0.15) is 0 Å². The third-order valence-electron chi connectivity index (χ3n) is 4.45. The molecule has 1 fully saturated rings. The monoisotopic (exact) mass is 296 g/mol. The predicted molar refractivity (Wildman–Crippen MR) is 91.0 cm³/mol. The van der Waals surface area contributed by atoms with Crippen molar-refractivity contribution in [3.05, 3.63) is 59.9 Å². The first kappa shape index (κ1) is 14.7. The Morgan fingerprint density at radius 3 is 2.73 bits per heavy atom. The second kappa shape index (κ2) is 6.69. The molecule has 22 heavy (non-hydrogen) atoms. The lowest BCUT2D eigenvalue weighted by molar-refractivity contribution is 0.484. The molecule has 4 nitrogen and oxygen atoms in total. The molecule has 1 saturated heterocycles. The van der Waals surface area contributed by atoms with Gasteiger partial charge in [0.05, 0.1) is 6.54 Å². The van der Waals surface area contributed by atoms with Crippen LogP contribution in [0, 0.1) is 0 Å². The molecule has 0 amide bonds. The third kappa shape index (κ3) is 3.16. The molecule has 0 radical (unpaired) electrons. The average Bonchev–Trinajstić information content (AvgIpc) is 3.19. The van der Waals surface area contributed by atoms with Gasteiger partial charge in [0.15, 0.2) is 5.96 Å². The van der Waals surface area contributed by atoms with Crippen molar-refractivity contribution in [1.82, 2.24) is 14.8 Å². The van der Waals surface area contributed by atoms with E-state index < -0.39 is 0 Å². The zero-order valence-electron chi connectivity index (χ0n) is 13.4. The number of aliphatic imine (C=N–C) groups is 1. The lowest BCUT2D eigenvalue weighted by atomic mass is 9.99. The van der Waals surface area contributed by atoms with E-state index in [0.717, 1.165) is 25.6 Å². The quantitative estimate of drug-likeness (QED) is 0.697. The highest BCUT2D eigenvalue weighted by atomic mass is 15.3. The van der Waals surface area contributed by atoms with E-state index in [0.29, 0.717) is 5.92 Å². The van der Waals surface area contributed by atoms with E-state index in [1.54, 1.807) is 0 Å². The second-order valence-corrected chi connectivity index (χ2v) is 5.85. The third-order valence-corrected chi connectivity index (χ3v) is 4.45. The smallest absolute Gasteiger partial charge is 0.193 e. The van der Waals surface area contributed by atoms with Crippen molar-refractivity contribution in [3.63, 3.8) is 0 Å². The van der Waals surface area contributed by atoms with Crippen LogP contribution in [0.5, 0.6) is 0 Å². The highest BCUT2D eigenvalue weighted by Crippen LogP contribution is 2.26. The standard InChI is InChI=1S/C18H24N4/c1-19-18(20-13-17-9-6-11-21(17)2)22-12-10-16(14-22)15-7-4-3-5-8-15/h3-9,11,16H,10,12-14H2,1-2H3,(H,19,20). The summed E-state index contributed by atoms with van der Waals surface area (Å²) >= 11 is 0. The topological polar surface area (TPSA) is 32.6 Å². The van der Waals surface area contributed by atoms with Gasteiger partial charge in [-0.15, -0.1) is 0 Å². The minimum atomic E-state index is 0.606. The Morgan fingerprint density at radius 1 is 1.23 bits per heavy atom. The molecule has 1 N–H and O–H groups in total. The first-order valence-electron chi connectivity index (χ1n) is 7.88. The number of guanidine groups is 1. The number of benzene rings is 1. The minimum Gasteiger partial charge on any atom is -0.353 e. The van der Waals surface area contributed by atoms with Crippen LogP contribution in [0.3, 0.4) is 0 Å². The largest absolute Gasteiger partial charge is 0.353 e. The van der Waals surface area contributed by atoms with Gasteiger partial charge in [-0.25, -0.2) is 0 Å². The molecular formula is C18H24N4. The molecule has 1 aromatic heterocycles. The van der Waals surface area contributed by atoms with Gasteiger partial charge in [0.2, 0.25) is 0 Å². The van der Waals surface area contributed by atoms with Gasteiger partial charge in [-0.3, -0.25) is 4.99 Å². The normalized spacial score (nSPS) is 18.7. The maximum atomic E-state index is 4.45. The van der Waals surface area contributed by atoms with Crippen LogP contribution in [-0.4, -0.2) is 35.6 Å². The summed E-state index contributed by atoms with van der Waals surface area (Å²) in [6, 6.07) is 15.0. The molecule has 1 unspecified atom stereocenters. The molecule has 0 saturated carbocycles. The molecule has 4 heteroatoms. The summed E-state index contributed by atoms with van der Waals surface area (Å²) in [5, 5.41) is 3.48. The maximum Gasteiger partial charge on any atom is 0.193 e. The van der Waals surface area contributed by atoms with E-state index in [1.165, 1.54) is 17.7 Å². The molecule has 3 rings (SSSR count). The van der Waals surface area contributed by atoms with Gasteiger partial charge in [-0.05, 0) is 24.1 Å². The summed E-state index contributed by atoms with van der Waals surface area (Å²) in [5.74, 6) is 1.61. The molecule has 1 aliphatic heterocycles. The van der Waals surface area contributed by atoms with E-state index in [-0.39, 0.29) is 0 Å². The molecular weight excluding hydrogens is 272 g/mol. The summed E-state index contributed by atoms with van der Waals surface area (Å²) in [6.45, 7) is 2.91. The van der Waals surface area contributed by atoms with E-state index in [9.17, 15) is 0 Å². The first-order valence-corrected chi connectivity index (χ1v) is 7.88. The molecule has 1 atom stereocenters. The van der Waals surface area contributed by atoms with Gasteiger partial charge in [0, 0.05) is 45.0 Å². The summed E-state index contributed by atoms with van der Waals surface area (Å²) < 4.78 is 2.14. The highest BCUT2D eigenvalue weighted by molar-refractivity contribution is 5.80. The minimum absolute atomic E-state index is 0.606. The van der Waals surface area contributed by atoms with Crippen LogP contribution in [0.15, 0.2) is 53.7 Å². The molecule has 2 aromatic rings. The van der Waals surface area contributed by atoms with Gasteiger partial charge in [0.25, 0.3) is 0 Å². The lowest BCUT2D eigenvalue weighted by Gasteiger charge is -2.22. The summed E-state index contributed by atoms with van der Waals surface area (Å²) in [4.78, 5) is 6.81. The van der Waals surface area contributed by atoms with Crippen LogP contribution < -0.4 is 5.32 Å². The van der Waals surface area contributed by atoms with Gasteiger partial charge < -0.3 is 14.8 Å². The number of aromatic nitrogens is 1. The highest BCUT2D eigenvalue weighted by Gasteiger charge is 2.25. The van der Waals surface area contributed by atoms with Crippen molar-refractivity contribution in [2.24, 2.45) is 12.0 Å². The van der Waals surface area contributed by atoms with Crippen LogP contribution in [-0.2, 0) is 13.6 Å². The Kier molecular flexibility index (Phi) is 4.47. The molecule has 1 aliphatic rings. The summed E-state index contributed by atoms with van der Waals surface area (Å²) in [6.07, 6.45) is 3.26. The fraction of sp³-hybridized carbons (Fsp3) is 0.389. The average molecular weight is 296 g/mol. The molecule has 0 bridgehead atoms. The number of likely N-dealkylation sites (tertiary alicyclic amines) is 1. The summed E-state index contributed by atoms with van der Waals surface area (Å²) in [7, 11) is 3.93. The Labute approximate surface area is 132 Å². The SMILES string of the molecule is CN=C(NCc1cccn1C)N1CCC(c2ccccc2)C1. The van der Waals surface area contributed by atoms with E-state index in [4.69, 9.17) is 0 Å². The Bertz CT molecular complexity index is 630. The van der Waals surface area contributed by atoms with Crippen molar-refractivity contribution in [2.45, 2.75) is 18.9 Å². The fourth-order valence-electron chi connectivity index (χ4n) is 3.13. The number of nitrogens with one attached hydrogen (secondary N) is 1. The van der Waals surface area contributed by atoms with Crippen molar-refractivity contribution in [1.29, 1.82) is 0 Å². The predicted octanol–water partition coefficient (Wildman–Crippen LogP) is 2.59. The van der Waals surface area contributed by atoms with Crippen molar-refractivity contribution in [2.75, 3.05) is 20.1 Å². The fourth-order valence-corrected chi connectivity index (χ4v) is 3.13. The van der Waals surface area contributed by atoms with E-state index in [2.05, 4.69) is 75.5 Å². The Balaban J connectivity index is 1.60. The molecule has 2 heterocycles. The van der Waals surface area contributed by atoms with E-state index >= 15 is 0 Å². The molecule has 0 aliphatic carbocycles. The molecule has 0 spiro atoms. The van der Waals surface area contributed by atoms with Crippen LogP contribution in [0.1, 0.15) is 23.6 Å². The van der Waals surface area contributed by atoms with Gasteiger partial charge in [-0.1, -0.05) is 30.3 Å². The zero-order valence-corrected chi connectivity index (χ0v) is 13.4. The number of hydrogen-bond donors (Lipinski definition) is 1. The zero-order chi connectivity index (χ0) is 15.4.